The summed E-state index contributed by atoms with van der Waals surface area (Å²) in [5, 5.41) is 15.3. The number of hydrogen-bond donors (Lipinski definition) is 1. The Balaban J connectivity index is 0.00000786. The first-order valence-electron chi connectivity index (χ1n) is 29.7. The number of rotatable bonds is 7. The Morgan fingerprint density at radius 1 is 0.405 bits per heavy atom. The molecular formula is C78H83N4OPt-. The molecule has 3 aromatic heterocycles. The van der Waals surface area contributed by atoms with Gasteiger partial charge >= 0.3 is 0 Å². The van der Waals surface area contributed by atoms with Gasteiger partial charge in [-0.2, -0.15) is 0 Å². The van der Waals surface area contributed by atoms with Crippen LogP contribution in [0, 0.1) is 6.07 Å². The number of aromatic hydroxyl groups is 1. The first-order chi connectivity index (χ1) is 38.9. The first kappa shape index (κ1) is 59.8. The van der Waals surface area contributed by atoms with Crippen molar-refractivity contribution >= 4 is 32.8 Å². The Hall–Kier alpha value is -7.33. The van der Waals surface area contributed by atoms with E-state index in [0.29, 0.717) is 11.4 Å². The molecule has 0 aliphatic carbocycles. The predicted molar refractivity (Wildman–Crippen MR) is 353 cm³/mol. The summed E-state index contributed by atoms with van der Waals surface area (Å²) in [6.07, 6.45) is 1.97. The Morgan fingerprint density at radius 2 is 0.964 bits per heavy atom. The third kappa shape index (κ3) is 11.1. The van der Waals surface area contributed by atoms with E-state index in [1.54, 1.807) is 0 Å². The minimum Gasteiger partial charge on any atom is -0.507 e. The summed E-state index contributed by atoms with van der Waals surface area (Å²) in [7, 11) is 0. The molecule has 0 radical (unpaired) electrons. The van der Waals surface area contributed by atoms with Crippen LogP contribution in [-0.4, -0.2) is 24.2 Å². The van der Waals surface area contributed by atoms with Crippen LogP contribution in [0.1, 0.15) is 158 Å². The maximum Gasteiger partial charge on any atom is 0.148 e. The summed E-state index contributed by atoms with van der Waals surface area (Å²) < 4.78 is 4.78. The number of phenols is 1. The largest absolute Gasteiger partial charge is 0.507 e. The van der Waals surface area contributed by atoms with Crippen molar-refractivity contribution in [3.05, 3.63) is 209 Å². The molecule has 0 bridgehead atoms. The van der Waals surface area contributed by atoms with E-state index in [-0.39, 0.29) is 59.3 Å². The Kier molecular flexibility index (Phi) is 15.2. The fourth-order valence-corrected chi connectivity index (χ4v) is 11.7. The zero-order chi connectivity index (χ0) is 59.5. The second-order valence-electron chi connectivity index (χ2n) is 29.4. The van der Waals surface area contributed by atoms with Crippen LogP contribution in [0.25, 0.3) is 100 Å². The summed E-state index contributed by atoms with van der Waals surface area (Å²) in [6, 6.07) is 64.1. The minimum atomic E-state index is -0.356. The monoisotopic (exact) mass is 1290 g/mol. The number of fused-ring (bicyclic) bond motifs is 4. The summed E-state index contributed by atoms with van der Waals surface area (Å²) in [6.45, 7) is 40.7. The molecule has 3 heterocycles. The number of pyridine rings is 1. The van der Waals surface area contributed by atoms with Crippen LogP contribution >= 0.6 is 0 Å². The van der Waals surface area contributed by atoms with E-state index in [1.807, 2.05) is 6.20 Å². The summed E-state index contributed by atoms with van der Waals surface area (Å²) in [5.41, 5.74) is 20.8. The van der Waals surface area contributed by atoms with E-state index in [0.717, 1.165) is 83.7 Å². The molecule has 0 unspecified atom stereocenters. The van der Waals surface area contributed by atoms with E-state index in [9.17, 15) is 5.11 Å². The summed E-state index contributed by atoms with van der Waals surface area (Å²) in [5.74, 6) is 0.924. The molecule has 84 heavy (non-hydrogen) atoms. The fourth-order valence-electron chi connectivity index (χ4n) is 11.7. The van der Waals surface area contributed by atoms with Crippen molar-refractivity contribution in [1.82, 2.24) is 19.1 Å². The van der Waals surface area contributed by atoms with Crippen LogP contribution in [-0.2, 0) is 53.6 Å². The van der Waals surface area contributed by atoms with Gasteiger partial charge in [0.1, 0.15) is 11.6 Å². The smallest absolute Gasteiger partial charge is 0.148 e. The number of nitrogens with zero attached hydrogens (tertiary/aromatic N) is 4. The Labute approximate surface area is 514 Å². The molecule has 1 N–H and O–H groups in total. The van der Waals surface area contributed by atoms with Gasteiger partial charge in [0.25, 0.3) is 0 Å². The topological polar surface area (TPSA) is 55.9 Å². The number of phenolic OH excluding ortho intramolecular Hbond substituents is 1. The van der Waals surface area contributed by atoms with Gasteiger partial charge in [0, 0.05) is 66.1 Å². The average molecular weight is 1290 g/mol. The second kappa shape index (κ2) is 21.3. The van der Waals surface area contributed by atoms with E-state index in [1.165, 1.54) is 38.5 Å². The molecular weight excluding hydrogens is 1200 g/mol. The van der Waals surface area contributed by atoms with E-state index in [4.69, 9.17) is 9.97 Å². The van der Waals surface area contributed by atoms with Gasteiger partial charge in [-0.05, 0) is 127 Å². The maximum atomic E-state index is 12.8. The molecule has 11 rings (SSSR count). The number of hydrogen-bond acceptors (Lipinski definition) is 3. The molecule has 0 amide bonds. The van der Waals surface area contributed by atoms with E-state index in [2.05, 4.69) is 304 Å². The predicted octanol–water partition coefficient (Wildman–Crippen LogP) is 21.1. The van der Waals surface area contributed by atoms with Crippen molar-refractivity contribution in [2.24, 2.45) is 0 Å². The molecule has 11 aromatic rings. The van der Waals surface area contributed by atoms with E-state index >= 15 is 0 Å². The summed E-state index contributed by atoms with van der Waals surface area (Å²) in [4.78, 5) is 11.0. The number of aromatic nitrogens is 4. The molecule has 0 saturated heterocycles. The number of imidazole rings is 1. The van der Waals surface area contributed by atoms with Gasteiger partial charge in [0.2, 0.25) is 0 Å². The molecule has 5 nitrogen and oxygen atoms in total. The van der Waals surface area contributed by atoms with Gasteiger partial charge < -0.3 is 9.67 Å². The van der Waals surface area contributed by atoms with Crippen LogP contribution in [0.4, 0.5) is 0 Å². The molecule has 0 spiro atoms. The van der Waals surface area contributed by atoms with Gasteiger partial charge in [-0.3, -0.25) is 9.55 Å². The molecule has 0 saturated carbocycles. The van der Waals surface area contributed by atoms with Crippen LogP contribution in [0.5, 0.6) is 5.75 Å². The zero-order valence-corrected chi connectivity index (χ0v) is 55.0. The van der Waals surface area contributed by atoms with Crippen LogP contribution < -0.4 is 0 Å². The standard InChI is InChI=1S/C78H83N4O.Pt/c1-73(2,3)52-33-35-66-61(42-52)62-44-55(76(10,11)12)43-60(70(62)81(66)57-28-23-20-24-29-57)49-36-37-79-65(41-49)51-38-50(39-54(40-51)75(7,8)9)59-30-25-31-67-69(59)80-72(63-45-56(77(13,14)15)46-64(71(63)83)78(16,17)18)82(67)68-47-53(74(4,5)6)32-34-58(68)48-26-21-19-22-27-48;/h19-37,39-47,83H,1-18H3;/q-1;. The van der Waals surface area contributed by atoms with Crippen molar-refractivity contribution in [1.29, 1.82) is 0 Å². The van der Waals surface area contributed by atoms with E-state index < -0.39 is 0 Å². The number of benzene rings is 8. The average Bonchev–Trinajstić information content (AvgIpc) is 1.68. The molecule has 0 atom stereocenters. The Bertz CT molecular complexity index is 4300. The van der Waals surface area contributed by atoms with Gasteiger partial charge in [-0.15, -0.1) is 29.3 Å². The SMILES string of the molecule is CC(C)(C)c1cc(-c2cc(-c3cc(C(C)(C)C)cc4c5cc(C(C)(C)C)ccc5n(-c5ccccc5)c34)ccn2)[c-]c(-c2cccc3c2nc(-c2cc(C(C)(C)C)cc(C(C)(C)C)c2O)n3-c2cc(C(C)(C)C)ccc2-c2ccccc2)c1.[Pt]. The third-order valence-electron chi connectivity index (χ3n) is 16.9. The van der Waals surface area contributed by atoms with Gasteiger partial charge in [-0.1, -0.05) is 227 Å². The second-order valence-corrected chi connectivity index (χ2v) is 29.4. The minimum absolute atomic E-state index is 0. The van der Waals surface area contributed by atoms with Crippen molar-refractivity contribution in [2.45, 2.75) is 157 Å². The maximum absolute atomic E-state index is 12.8. The number of para-hydroxylation sites is 2. The Morgan fingerprint density at radius 3 is 1.60 bits per heavy atom. The molecule has 6 heteroatoms. The summed E-state index contributed by atoms with van der Waals surface area (Å²) >= 11 is 0. The van der Waals surface area contributed by atoms with Gasteiger partial charge in [-0.25, -0.2) is 4.98 Å². The molecule has 8 aromatic carbocycles. The molecule has 0 aliphatic rings. The van der Waals surface area contributed by atoms with Crippen LogP contribution in [0.2, 0.25) is 0 Å². The van der Waals surface area contributed by atoms with Gasteiger partial charge in [0.05, 0.1) is 33.3 Å². The van der Waals surface area contributed by atoms with Crippen molar-refractivity contribution < 1.29 is 26.2 Å². The van der Waals surface area contributed by atoms with Crippen molar-refractivity contribution in [2.75, 3.05) is 0 Å². The van der Waals surface area contributed by atoms with Gasteiger partial charge in [0.15, 0.2) is 0 Å². The van der Waals surface area contributed by atoms with Crippen LogP contribution in [0.3, 0.4) is 0 Å². The van der Waals surface area contributed by atoms with Crippen LogP contribution in [0.15, 0.2) is 170 Å². The molecule has 0 fully saturated rings. The quantitative estimate of drug-likeness (QED) is 0.162. The third-order valence-corrected chi connectivity index (χ3v) is 16.9. The normalized spacial score (nSPS) is 12.8. The fraction of sp³-hybridized carbons (Fsp3) is 0.308. The van der Waals surface area contributed by atoms with Crippen molar-refractivity contribution in [3.63, 3.8) is 0 Å². The molecule has 432 valence electrons. The molecule has 0 aliphatic heterocycles. The zero-order valence-electron chi connectivity index (χ0n) is 52.7. The first-order valence-corrected chi connectivity index (χ1v) is 29.7. The van der Waals surface area contributed by atoms with Crippen molar-refractivity contribution in [3.8, 4) is 73.2 Å².